The van der Waals surface area contributed by atoms with Gasteiger partial charge in [-0.05, 0) is 60.7 Å². The summed E-state index contributed by atoms with van der Waals surface area (Å²) >= 11 is 0. The van der Waals surface area contributed by atoms with Crippen molar-refractivity contribution in [1.82, 2.24) is 0 Å². The van der Waals surface area contributed by atoms with Crippen LogP contribution < -0.4 is 5.32 Å². The molecule has 0 saturated heterocycles. The Morgan fingerprint density at radius 3 is 1.54 bits per heavy atom. The highest BCUT2D eigenvalue weighted by molar-refractivity contribution is 6.01. The topological polar surface area (TPSA) is 119 Å². The summed E-state index contributed by atoms with van der Waals surface area (Å²) in [4.78, 5) is 50.3. The predicted molar refractivity (Wildman–Crippen MR) is 124 cm³/mol. The van der Waals surface area contributed by atoms with E-state index in [0.29, 0.717) is 24.3 Å². The van der Waals surface area contributed by atoms with E-state index in [4.69, 9.17) is 9.47 Å². The normalized spacial score (nSPS) is 13.0. The van der Waals surface area contributed by atoms with Gasteiger partial charge in [-0.2, -0.15) is 26.3 Å². The molecule has 0 aliphatic carbocycles. The summed E-state index contributed by atoms with van der Waals surface area (Å²) < 4.78 is 101. The Morgan fingerprint density at radius 2 is 1.12 bits per heavy atom. The maximum Gasteiger partial charge on any atom is 0.416 e. The fraction of sp³-hybridized carbons (Fsp3) is 0.154. The van der Waals surface area contributed by atoms with Gasteiger partial charge in [-0.15, -0.1) is 0 Å². The van der Waals surface area contributed by atoms with Crippen LogP contribution in [0, 0.1) is 5.82 Å². The van der Waals surface area contributed by atoms with E-state index in [1.54, 1.807) is 0 Å². The van der Waals surface area contributed by atoms with Crippen molar-refractivity contribution >= 4 is 29.5 Å². The maximum atomic E-state index is 13.2. The summed E-state index contributed by atoms with van der Waals surface area (Å²) in [5.41, 5.74) is -4.30. The highest BCUT2D eigenvalue weighted by Crippen LogP contribution is 2.31. The molecule has 0 bridgehead atoms. The van der Waals surface area contributed by atoms with Gasteiger partial charge in [-0.1, -0.05) is 12.1 Å². The van der Waals surface area contributed by atoms with Crippen molar-refractivity contribution in [3.05, 3.63) is 101 Å². The van der Waals surface area contributed by atoms with Gasteiger partial charge in [-0.25, -0.2) is 18.8 Å². The standard InChI is InChI=1S/C26H16F7NO7/c27-17-7-9-18(10-8-17)34-21(35)19(40-23(38)13-3-1-5-15(11-13)25(28,29)30)20(22(36)37)41-24(39)14-4-2-6-16(12-14)26(31,32)33/h1-12,19-20H,(H,34,35)(H,36,37)/t19-,20-/m0/s1. The molecule has 216 valence electrons. The third kappa shape index (κ3) is 8.03. The SMILES string of the molecule is O=C(O[C@H](C(=O)O)[C@H](OC(=O)c1cccc(C(F)(F)F)c1)C(=O)Nc1ccc(F)cc1)c1cccc(C(F)(F)F)c1. The summed E-state index contributed by atoms with van der Waals surface area (Å²) in [7, 11) is 0. The van der Waals surface area contributed by atoms with Crippen LogP contribution in [0.1, 0.15) is 31.8 Å². The lowest BCUT2D eigenvalue weighted by Crippen LogP contribution is -2.48. The second-order valence-electron chi connectivity index (χ2n) is 8.14. The van der Waals surface area contributed by atoms with Gasteiger partial charge in [0, 0.05) is 5.69 Å². The molecular formula is C26H16F7NO7. The highest BCUT2D eigenvalue weighted by atomic mass is 19.4. The average molecular weight is 587 g/mol. The van der Waals surface area contributed by atoms with E-state index in [2.05, 4.69) is 5.32 Å². The lowest BCUT2D eigenvalue weighted by molar-refractivity contribution is -0.157. The van der Waals surface area contributed by atoms with Crippen LogP contribution in [0.4, 0.5) is 36.4 Å². The van der Waals surface area contributed by atoms with E-state index in [9.17, 15) is 55.0 Å². The average Bonchev–Trinajstić information content (AvgIpc) is 2.90. The largest absolute Gasteiger partial charge is 0.478 e. The number of carbonyl (C=O) groups is 4. The number of anilines is 1. The van der Waals surface area contributed by atoms with Crippen LogP contribution in [0.2, 0.25) is 0 Å². The van der Waals surface area contributed by atoms with E-state index in [1.165, 1.54) is 0 Å². The maximum absolute atomic E-state index is 13.2. The van der Waals surface area contributed by atoms with Crippen LogP contribution in [0.25, 0.3) is 0 Å². The number of halogens is 7. The van der Waals surface area contributed by atoms with Gasteiger partial charge in [0.05, 0.1) is 22.3 Å². The lowest BCUT2D eigenvalue weighted by Gasteiger charge is -2.24. The quantitative estimate of drug-likeness (QED) is 0.270. The number of alkyl halides is 6. The van der Waals surface area contributed by atoms with E-state index >= 15 is 0 Å². The monoisotopic (exact) mass is 587 g/mol. The Bertz CT molecular complexity index is 1450. The van der Waals surface area contributed by atoms with Crippen LogP contribution in [0.5, 0.6) is 0 Å². The second-order valence-corrected chi connectivity index (χ2v) is 8.14. The van der Waals surface area contributed by atoms with Crippen molar-refractivity contribution in [1.29, 1.82) is 0 Å². The summed E-state index contributed by atoms with van der Waals surface area (Å²) in [5.74, 6) is -7.63. The molecule has 0 unspecified atom stereocenters. The van der Waals surface area contributed by atoms with Gasteiger partial charge in [0.1, 0.15) is 5.82 Å². The molecule has 3 aromatic carbocycles. The van der Waals surface area contributed by atoms with Crippen molar-refractivity contribution in [2.75, 3.05) is 5.32 Å². The van der Waals surface area contributed by atoms with Gasteiger partial charge < -0.3 is 19.9 Å². The van der Waals surface area contributed by atoms with E-state index in [-0.39, 0.29) is 5.69 Å². The zero-order valence-corrected chi connectivity index (χ0v) is 20.1. The first-order chi connectivity index (χ1) is 19.1. The number of esters is 2. The van der Waals surface area contributed by atoms with Gasteiger partial charge in [0.2, 0.25) is 12.2 Å². The van der Waals surface area contributed by atoms with E-state index < -0.39 is 76.4 Å². The summed E-state index contributed by atoms with van der Waals surface area (Å²) in [6.45, 7) is 0. The number of rotatable bonds is 8. The second kappa shape index (κ2) is 12.1. The van der Waals surface area contributed by atoms with Gasteiger partial charge >= 0.3 is 30.3 Å². The smallest absolute Gasteiger partial charge is 0.416 e. The first-order valence-electron chi connectivity index (χ1n) is 11.1. The molecule has 2 N–H and O–H groups in total. The summed E-state index contributed by atoms with van der Waals surface area (Å²) in [6, 6.07) is 9.08. The van der Waals surface area contributed by atoms with Gasteiger partial charge in [-0.3, -0.25) is 4.79 Å². The van der Waals surface area contributed by atoms with Crippen molar-refractivity contribution in [3.8, 4) is 0 Å². The molecule has 0 spiro atoms. The molecule has 3 aromatic rings. The van der Waals surface area contributed by atoms with Crippen LogP contribution in [-0.4, -0.2) is 41.1 Å². The summed E-state index contributed by atoms with van der Waals surface area (Å²) in [5, 5.41) is 11.8. The molecular weight excluding hydrogens is 571 g/mol. The van der Waals surface area contributed by atoms with Crippen LogP contribution in [-0.2, 0) is 31.4 Å². The van der Waals surface area contributed by atoms with Crippen molar-refractivity contribution < 1.29 is 64.5 Å². The number of benzene rings is 3. The molecule has 15 heteroatoms. The minimum Gasteiger partial charge on any atom is -0.478 e. The van der Waals surface area contributed by atoms with Crippen molar-refractivity contribution in [2.24, 2.45) is 0 Å². The van der Waals surface area contributed by atoms with E-state index in [1.807, 2.05) is 0 Å². The minimum atomic E-state index is -4.89. The molecule has 1 amide bonds. The molecule has 3 rings (SSSR count). The number of carboxylic acid groups (broad SMARTS) is 1. The van der Waals surface area contributed by atoms with Crippen LogP contribution in [0.3, 0.4) is 0 Å². The first kappa shape index (κ1) is 30.6. The Hall–Kier alpha value is -4.95. The number of ether oxygens (including phenoxy) is 2. The van der Waals surface area contributed by atoms with Crippen molar-refractivity contribution in [2.45, 2.75) is 24.6 Å². The molecule has 0 aliphatic rings. The number of amides is 1. The van der Waals surface area contributed by atoms with Crippen LogP contribution in [0.15, 0.2) is 72.8 Å². The Kier molecular flexibility index (Phi) is 9.00. The third-order valence-corrected chi connectivity index (χ3v) is 5.21. The van der Waals surface area contributed by atoms with Crippen molar-refractivity contribution in [3.63, 3.8) is 0 Å². The first-order valence-corrected chi connectivity index (χ1v) is 11.1. The highest BCUT2D eigenvalue weighted by Gasteiger charge is 2.42. The molecule has 0 fully saturated rings. The molecule has 0 heterocycles. The molecule has 0 saturated carbocycles. The molecule has 41 heavy (non-hydrogen) atoms. The molecule has 0 aromatic heterocycles. The molecule has 8 nitrogen and oxygen atoms in total. The summed E-state index contributed by atoms with van der Waals surface area (Å²) in [6.07, 6.45) is -15.1. The lowest BCUT2D eigenvalue weighted by atomic mass is 10.1. The molecule has 0 aliphatic heterocycles. The number of hydrogen-bond acceptors (Lipinski definition) is 6. The van der Waals surface area contributed by atoms with Crippen LogP contribution >= 0.6 is 0 Å². The number of nitrogens with one attached hydrogen (secondary N) is 1. The Labute approximate surface area is 225 Å². The van der Waals surface area contributed by atoms with E-state index in [0.717, 1.165) is 48.5 Å². The Morgan fingerprint density at radius 1 is 0.683 bits per heavy atom. The molecule has 0 radical (unpaired) electrons. The zero-order valence-electron chi connectivity index (χ0n) is 20.1. The predicted octanol–water partition coefficient (Wildman–Crippen LogP) is 5.34. The molecule has 2 atom stereocenters. The Balaban J connectivity index is 1.96. The fourth-order valence-electron chi connectivity index (χ4n) is 3.25. The number of carbonyl (C=O) groups excluding carboxylic acids is 3. The number of aliphatic carboxylic acids is 1. The third-order valence-electron chi connectivity index (χ3n) is 5.21. The van der Waals surface area contributed by atoms with Gasteiger partial charge in [0.25, 0.3) is 5.91 Å². The number of hydrogen-bond donors (Lipinski definition) is 2. The minimum absolute atomic E-state index is 0.162. The number of carboxylic acids is 1. The zero-order chi connectivity index (χ0) is 30.5. The fourth-order valence-corrected chi connectivity index (χ4v) is 3.25. The van der Waals surface area contributed by atoms with Gasteiger partial charge in [0.15, 0.2) is 0 Å².